The van der Waals surface area contributed by atoms with E-state index in [4.69, 9.17) is 28.9 Å². The zero-order valence-corrected chi connectivity index (χ0v) is 9.62. The Morgan fingerprint density at radius 3 is 2.06 bits per heavy atom. The standard InChI is InChI=1S/C9H8Cl2F3NO/c1-4(9(12,13)14)16-8-6(10)2-5(15)3-7(8)11/h2-4H,15H2,1H3. The fourth-order valence-corrected chi connectivity index (χ4v) is 1.53. The summed E-state index contributed by atoms with van der Waals surface area (Å²) in [7, 11) is 0. The molecule has 16 heavy (non-hydrogen) atoms. The third-order valence-electron chi connectivity index (χ3n) is 1.78. The smallest absolute Gasteiger partial charge is 0.425 e. The van der Waals surface area contributed by atoms with Crippen molar-refractivity contribution in [1.29, 1.82) is 0 Å². The lowest BCUT2D eigenvalue weighted by atomic mass is 10.3. The van der Waals surface area contributed by atoms with E-state index in [1.807, 2.05) is 0 Å². The monoisotopic (exact) mass is 273 g/mol. The highest BCUT2D eigenvalue weighted by molar-refractivity contribution is 6.37. The molecular formula is C9H8Cl2F3NO. The van der Waals surface area contributed by atoms with Gasteiger partial charge in [-0.1, -0.05) is 23.2 Å². The molecule has 7 heteroatoms. The molecule has 2 N–H and O–H groups in total. The van der Waals surface area contributed by atoms with Gasteiger partial charge in [-0.05, 0) is 19.1 Å². The molecule has 90 valence electrons. The Labute approximate surface area is 100 Å². The number of nitrogens with two attached hydrogens (primary N) is 1. The molecule has 1 atom stereocenters. The zero-order chi connectivity index (χ0) is 12.5. The molecular weight excluding hydrogens is 266 g/mol. The van der Waals surface area contributed by atoms with Crippen molar-refractivity contribution in [3.05, 3.63) is 22.2 Å². The summed E-state index contributed by atoms with van der Waals surface area (Å²) in [5, 5.41) is -0.109. The Morgan fingerprint density at radius 1 is 1.25 bits per heavy atom. The topological polar surface area (TPSA) is 35.2 Å². The van der Waals surface area contributed by atoms with Crippen LogP contribution in [0.25, 0.3) is 0 Å². The lowest BCUT2D eigenvalue weighted by Gasteiger charge is -2.19. The van der Waals surface area contributed by atoms with E-state index in [0.29, 0.717) is 0 Å². The fourth-order valence-electron chi connectivity index (χ4n) is 0.936. The summed E-state index contributed by atoms with van der Waals surface area (Å²) in [6.07, 6.45) is -6.47. The predicted molar refractivity (Wildman–Crippen MR) is 57.0 cm³/mol. The van der Waals surface area contributed by atoms with Crippen LogP contribution in [0, 0.1) is 0 Å². The van der Waals surface area contributed by atoms with Gasteiger partial charge in [0.05, 0.1) is 10.0 Å². The minimum absolute atomic E-state index is 0.0545. The van der Waals surface area contributed by atoms with Crippen molar-refractivity contribution in [3.63, 3.8) is 0 Å². The number of hydrogen-bond donors (Lipinski definition) is 1. The first-order chi connectivity index (χ1) is 7.21. The average molecular weight is 274 g/mol. The van der Waals surface area contributed by atoms with Crippen LogP contribution in [0.3, 0.4) is 0 Å². The first-order valence-corrected chi connectivity index (χ1v) is 4.95. The van der Waals surface area contributed by atoms with Gasteiger partial charge in [0.2, 0.25) is 0 Å². The third kappa shape index (κ3) is 3.09. The summed E-state index contributed by atoms with van der Waals surface area (Å²) in [4.78, 5) is 0. The van der Waals surface area contributed by atoms with Crippen molar-refractivity contribution in [3.8, 4) is 5.75 Å². The molecule has 1 rings (SSSR count). The van der Waals surface area contributed by atoms with Gasteiger partial charge in [-0.15, -0.1) is 0 Å². The first-order valence-electron chi connectivity index (χ1n) is 4.19. The molecule has 0 saturated heterocycles. The van der Waals surface area contributed by atoms with Crippen molar-refractivity contribution in [2.75, 3.05) is 5.73 Å². The number of benzene rings is 1. The van der Waals surface area contributed by atoms with Crippen LogP contribution < -0.4 is 10.5 Å². The molecule has 0 saturated carbocycles. The van der Waals surface area contributed by atoms with Gasteiger partial charge in [0.1, 0.15) is 0 Å². The van der Waals surface area contributed by atoms with Crippen molar-refractivity contribution in [1.82, 2.24) is 0 Å². The summed E-state index contributed by atoms with van der Waals surface area (Å²) in [5.41, 5.74) is 5.65. The molecule has 0 heterocycles. The van der Waals surface area contributed by atoms with E-state index in [-0.39, 0.29) is 21.5 Å². The normalized spacial score (nSPS) is 13.6. The second kappa shape index (κ2) is 4.59. The summed E-state index contributed by atoms with van der Waals surface area (Å²) in [6, 6.07) is 2.54. The second-order valence-corrected chi connectivity index (χ2v) is 3.93. The maximum atomic E-state index is 12.2. The Hall–Kier alpha value is -0.810. The van der Waals surface area contributed by atoms with E-state index >= 15 is 0 Å². The van der Waals surface area contributed by atoms with Gasteiger partial charge in [0.15, 0.2) is 11.9 Å². The third-order valence-corrected chi connectivity index (χ3v) is 2.34. The average Bonchev–Trinajstić information content (AvgIpc) is 2.08. The van der Waals surface area contributed by atoms with Gasteiger partial charge in [-0.2, -0.15) is 13.2 Å². The maximum Gasteiger partial charge on any atom is 0.425 e. The number of rotatable bonds is 2. The van der Waals surface area contributed by atoms with Gasteiger partial charge in [-0.25, -0.2) is 0 Å². The molecule has 1 aromatic carbocycles. The number of ether oxygens (including phenoxy) is 1. The van der Waals surface area contributed by atoms with Crippen LogP contribution in [0.2, 0.25) is 10.0 Å². The number of halogens is 5. The molecule has 2 nitrogen and oxygen atoms in total. The minimum Gasteiger partial charge on any atom is -0.478 e. The van der Waals surface area contributed by atoms with E-state index in [2.05, 4.69) is 4.74 Å². The summed E-state index contributed by atoms with van der Waals surface area (Å²) < 4.78 is 41.4. The van der Waals surface area contributed by atoms with Crippen molar-refractivity contribution >= 4 is 28.9 Å². The van der Waals surface area contributed by atoms with Crippen LogP contribution in [-0.4, -0.2) is 12.3 Å². The fraction of sp³-hybridized carbons (Fsp3) is 0.333. The molecule has 0 aliphatic heterocycles. The van der Waals surface area contributed by atoms with Crippen LogP contribution in [-0.2, 0) is 0 Å². The van der Waals surface area contributed by atoms with Crippen molar-refractivity contribution in [2.24, 2.45) is 0 Å². The molecule has 0 bridgehead atoms. The number of nitrogen functional groups attached to an aromatic ring is 1. The quantitative estimate of drug-likeness (QED) is 0.830. The highest BCUT2D eigenvalue weighted by Crippen LogP contribution is 2.37. The Bertz CT molecular complexity index is 372. The van der Waals surface area contributed by atoms with Crippen LogP contribution in [0.1, 0.15) is 6.92 Å². The number of anilines is 1. The van der Waals surface area contributed by atoms with Crippen molar-refractivity contribution in [2.45, 2.75) is 19.2 Å². The molecule has 0 radical (unpaired) electrons. The zero-order valence-electron chi connectivity index (χ0n) is 8.11. The molecule has 0 fully saturated rings. The van der Waals surface area contributed by atoms with E-state index in [0.717, 1.165) is 6.92 Å². The van der Waals surface area contributed by atoms with Gasteiger partial charge in [0.25, 0.3) is 0 Å². The number of hydrogen-bond acceptors (Lipinski definition) is 2. The first kappa shape index (κ1) is 13.3. The molecule has 0 amide bonds. The van der Waals surface area contributed by atoms with Gasteiger partial charge < -0.3 is 10.5 Å². The lowest BCUT2D eigenvalue weighted by Crippen LogP contribution is -2.31. The van der Waals surface area contributed by atoms with Crippen LogP contribution in [0.4, 0.5) is 18.9 Å². The van der Waals surface area contributed by atoms with E-state index in [1.54, 1.807) is 0 Å². The van der Waals surface area contributed by atoms with E-state index in [1.165, 1.54) is 12.1 Å². The molecule has 0 aliphatic rings. The summed E-state index contributed by atoms with van der Waals surface area (Å²) in [6.45, 7) is 0.864. The van der Waals surface area contributed by atoms with Gasteiger partial charge in [-0.3, -0.25) is 0 Å². The van der Waals surface area contributed by atoms with E-state index in [9.17, 15) is 13.2 Å². The summed E-state index contributed by atoms with van der Waals surface area (Å²) in [5.74, 6) is -0.220. The minimum atomic E-state index is -4.48. The van der Waals surface area contributed by atoms with Gasteiger partial charge in [0, 0.05) is 5.69 Å². The molecule has 1 aromatic rings. The highest BCUT2D eigenvalue weighted by Gasteiger charge is 2.38. The Balaban J connectivity index is 2.98. The number of alkyl halides is 3. The Kier molecular flexibility index (Phi) is 3.80. The molecule has 0 aliphatic carbocycles. The van der Waals surface area contributed by atoms with Crippen molar-refractivity contribution < 1.29 is 17.9 Å². The van der Waals surface area contributed by atoms with Crippen LogP contribution in [0.5, 0.6) is 5.75 Å². The van der Waals surface area contributed by atoms with Crippen LogP contribution >= 0.6 is 23.2 Å². The SMILES string of the molecule is CC(Oc1c(Cl)cc(N)cc1Cl)C(F)(F)F. The van der Waals surface area contributed by atoms with E-state index < -0.39 is 12.3 Å². The predicted octanol–water partition coefficient (Wildman–Crippen LogP) is 3.91. The van der Waals surface area contributed by atoms with Crippen LogP contribution in [0.15, 0.2) is 12.1 Å². The molecule has 0 spiro atoms. The molecule has 1 unspecified atom stereocenters. The Morgan fingerprint density at radius 2 is 1.69 bits per heavy atom. The summed E-state index contributed by atoms with van der Waals surface area (Å²) >= 11 is 11.3. The second-order valence-electron chi connectivity index (χ2n) is 3.12. The van der Waals surface area contributed by atoms with Gasteiger partial charge >= 0.3 is 6.18 Å². The lowest BCUT2D eigenvalue weighted by molar-refractivity contribution is -0.189. The maximum absolute atomic E-state index is 12.2. The highest BCUT2D eigenvalue weighted by atomic mass is 35.5. The largest absolute Gasteiger partial charge is 0.478 e. The molecule has 0 aromatic heterocycles.